The molecule has 0 saturated heterocycles. The molecule has 5 nitrogen and oxygen atoms in total. The number of hydrogen-bond donors (Lipinski definition) is 1. The van der Waals surface area contributed by atoms with E-state index in [4.69, 9.17) is 23.2 Å². The van der Waals surface area contributed by atoms with Gasteiger partial charge in [0, 0.05) is 12.1 Å². The van der Waals surface area contributed by atoms with Crippen molar-refractivity contribution in [2.45, 2.75) is 18.0 Å². The van der Waals surface area contributed by atoms with Crippen LogP contribution in [0, 0.1) is 10.1 Å². The van der Waals surface area contributed by atoms with E-state index >= 15 is 0 Å². The molecule has 1 aromatic rings. The van der Waals surface area contributed by atoms with Gasteiger partial charge in [-0.25, -0.2) is 4.39 Å². The summed E-state index contributed by atoms with van der Waals surface area (Å²) in [4.78, 5) is 20.8. The van der Waals surface area contributed by atoms with Crippen molar-refractivity contribution in [2.75, 3.05) is 5.32 Å². The molecule has 14 heteroatoms. The van der Waals surface area contributed by atoms with Crippen LogP contribution < -0.4 is 5.32 Å². The Labute approximate surface area is 137 Å². The lowest BCUT2D eigenvalue weighted by Gasteiger charge is -2.28. The van der Waals surface area contributed by atoms with E-state index in [9.17, 15) is 45.6 Å². The fourth-order valence-corrected chi connectivity index (χ4v) is 1.97. The zero-order valence-electron chi connectivity index (χ0n) is 10.7. The number of nitrogens with zero attached hydrogens (tertiary/aromatic N) is 1. The summed E-state index contributed by atoms with van der Waals surface area (Å²) >= 11 is 10.8. The molecule has 0 saturated carbocycles. The highest BCUT2D eigenvalue weighted by Gasteiger charge is 2.77. The number of anilines is 1. The second-order valence-electron chi connectivity index (χ2n) is 4.15. The van der Waals surface area contributed by atoms with Crippen molar-refractivity contribution in [3.8, 4) is 0 Å². The summed E-state index contributed by atoms with van der Waals surface area (Å²) in [5, 5.41) is 9.73. The molecule has 0 aliphatic rings. The van der Waals surface area contributed by atoms with Crippen molar-refractivity contribution in [2.24, 2.45) is 0 Å². The molecule has 0 bridgehead atoms. The van der Waals surface area contributed by atoms with Crippen LogP contribution in [0.1, 0.15) is 0 Å². The molecule has 0 atom stereocenters. The highest BCUT2D eigenvalue weighted by atomic mass is 35.5. The van der Waals surface area contributed by atoms with E-state index in [0.29, 0.717) is 12.1 Å². The molecule has 0 spiro atoms. The molecule has 0 aromatic heterocycles. The van der Waals surface area contributed by atoms with Gasteiger partial charge >= 0.3 is 18.0 Å². The number of non-ortho nitro benzene ring substituents is 1. The van der Waals surface area contributed by atoms with Crippen molar-refractivity contribution < 1.29 is 40.5 Å². The lowest BCUT2D eigenvalue weighted by atomic mass is 10.0. The monoisotopic (exact) mass is 402 g/mol. The minimum Gasteiger partial charge on any atom is -0.320 e. The molecular formula is C10H3Cl2F7N2O3. The van der Waals surface area contributed by atoms with Gasteiger partial charge in [0.2, 0.25) is 0 Å². The molecule has 1 rings (SSSR count). The maximum absolute atomic E-state index is 13.5. The largest absolute Gasteiger partial charge is 0.441 e. The number of nitrogens with one attached hydrogen (secondary N) is 1. The highest BCUT2D eigenvalue weighted by molar-refractivity contribution is 6.40. The number of amides is 1. The Morgan fingerprint density at radius 1 is 1.00 bits per heavy atom. The maximum Gasteiger partial charge on any atom is 0.441 e. The molecular weight excluding hydrogens is 400 g/mol. The van der Waals surface area contributed by atoms with E-state index in [1.165, 1.54) is 0 Å². The molecule has 1 N–H and O–H groups in total. The molecule has 134 valence electrons. The molecule has 0 aliphatic heterocycles. The first-order valence-corrected chi connectivity index (χ1v) is 6.15. The zero-order chi connectivity index (χ0) is 19.1. The molecule has 0 aliphatic carbocycles. The van der Waals surface area contributed by atoms with Crippen molar-refractivity contribution in [1.29, 1.82) is 0 Å². The lowest BCUT2D eigenvalue weighted by molar-refractivity contribution is -0.384. The van der Waals surface area contributed by atoms with E-state index in [-0.39, 0.29) is 0 Å². The Hall–Kier alpha value is -1.82. The van der Waals surface area contributed by atoms with Crippen LogP contribution in [0.25, 0.3) is 0 Å². The van der Waals surface area contributed by atoms with Gasteiger partial charge < -0.3 is 5.32 Å². The average molecular weight is 403 g/mol. The Morgan fingerprint density at radius 2 is 1.38 bits per heavy atom. The summed E-state index contributed by atoms with van der Waals surface area (Å²) in [7, 11) is 0. The van der Waals surface area contributed by atoms with Crippen molar-refractivity contribution >= 4 is 40.5 Å². The second-order valence-corrected chi connectivity index (χ2v) is 4.96. The summed E-state index contributed by atoms with van der Waals surface area (Å²) in [5.74, 6) is -3.15. The van der Waals surface area contributed by atoms with Gasteiger partial charge in [0.25, 0.3) is 11.6 Å². The van der Waals surface area contributed by atoms with Crippen LogP contribution in [0.3, 0.4) is 0 Å². The standard InChI is InChI=1S/C10H3Cl2F7N2O3/c11-4-1-3(21(23)24)2-5(12)6(4)20-7(22)8(13,9(14,15)16)10(17,18)19/h1-2H,(H,20,22). The van der Waals surface area contributed by atoms with Gasteiger partial charge in [-0.05, 0) is 0 Å². The van der Waals surface area contributed by atoms with Gasteiger partial charge in [0.1, 0.15) is 0 Å². The summed E-state index contributed by atoms with van der Waals surface area (Å²) in [5.41, 5.74) is -8.06. The Morgan fingerprint density at radius 3 is 1.67 bits per heavy atom. The number of hydrogen-bond acceptors (Lipinski definition) is 3. The first-order chi connectivity index (χ1) is 10.6. The Kier molecular flexibility index (Phi) is 5.26. The first kappa shape index (κ1) is 20.2. The van der Waals surface area contributed by atoms with Crippen LogP contribution in [0.15, 0.2) is 12.1 Å². The number of rotatable bonds is 3. The third kappa shape index (κ3) is 3.48. The molecule has 0 unspecified atom stereocenters. The predicted octanol–water partition coefficient (Wildman–Crippen LogP) is 4.67. The topological polar surface area (TPSA) is 72.2 Å². The van der Waals surface area contributed by atoms with Gasteiger partial charge in [-0.3, -0.25) is 14.9 Å². The molecule has 0 fully saturated rings. The van der Waals surface area contributed by atoms with Crippen molar-refractivity contribution in [3.63, 3.8) is 0 Å². The smallest absolute Gasteiger partial charge is 0.320 e. The summed E-state index contributed by atoms with van der Waals surface area (Å²) in [6, 6.07) is 0.980. The van der Waals surface area contributed by atoms with Gasteiger partial charge in [0.05, 0.1) is 20.7 Å². The maximum atomic E-state index is 13.5. The van der Waals surface area contributed by atoms with Gasteiger partial charge in [-0.2, -0.15) is 26.3 Å². The number of nitro groups is 1. The number of alkyl halides is 7. The third-order valence-electron chi connectivity index (χ3n) is 2.57. The minimum absolute atomic E-state index is 0.490. The minimum atomic E-state index is -6.63. The first-order valence-electron chi connectivity index (χ1n) is 5.40. The number of nitro benzene ring substituents is 1. The van der Waals surface area contributed by atoms with Crippen LogP contribution in [-0.4, -0.2) is 28.9 Å². The van der Waals surface area contributed by atoms with Gasteiger partial charge in [0.15, 0.2) is 0 Å². The summed E-state index contributed by atoms with van der Waals surface area (Å²) in [6.45, 7) is 0. The molecule has 0 radical (unpaired) electrons. The SMILES string of the molecule is O=C(Nc1c(Cl)cc([N+](=O)[O-])cc1Cl)C(F)(C(F)(F)F)C(F)(F)F. The van der Waals surface area contributed by atoms with Crippen LogP contribution in [0.2, 0.25) is 10.0 Å². The van der Waals surface area contributed by atoms with Gasteiger partial charge in [-0.15, -0.1) is 0 Å². The van der Waals surface area contributed by atoms with E-state index in [0.717, 1.165) is 5.32 Å². The highest BCUT2D eigenvalue weighted by Crippen LogP contribution is 2.47. The Bertz CT molecular complexity index is 653. The van der Waals surface area contributed by atoms with E-state index in [1.807, 2.05) is 0 Å². The Balaban J connectivity index is 3.35. The van der Waals surface area contributed by atoms with E-state index in [2.05, 4.69) is 0 Å². The summed E-state index contributed by atoms with van der Waals surface area (Å²) in [6.07, 6.45) is -13.3. The number of carbonyl (C=O) groups is 1. The fourth-order valence-electron chi connectivity index (χ4n) is 1.40. The van der Waals surface area contributed by atoms with Crippen LogP contribution in [0.5, 0.6) is 0 Å². The lowest BCUT2D eigenvalue weighted by Crippen LogP contribution is -2.61. The third-order valence-corrected chi connectivity index (χ3v) is 3.17. The fraction of sp³-hybridized carbons (Fsp3) is 0.300. The number of halogens is 9. The van der Waals surface area contributed by atoms with Crippen LogP contribution in [-0.2, 0) is 4.79 Å². The van der Waals surface area contributed by atoms with Crippen molar-refractivity contribution in [1.82, 2.24) is 0 Å². The number of benzene rings is 1. The molecule has 24 heavy (non-hydrogen) atoms. The van der Waals surface area contributed by atoms with Crippen LogP contribution >= 0.6 is 23.2 Å². The molecule has 1 aromatic carbocycles. The molecule has 1 amide bonds. The quantitative estimate of drug-likeness (QED) is 0.453. The average Bonchev–Trinajstić information content (AvgIpc) is 2.38. The molecule has 0 heterocycles. The summed E-state index contributed by atoms with van der Waals surface area (Å²) < 4.78 is 88.0. The van der Waals surface area contributed by atoms with E-state index in [1.54, 1.807) is 0 Å². The zero-order valence-corrected chi connectivity index (χ0v) is 12.2. The second kappa shape index (κ2) is 6.24. The normalized spacial score (nSPS) is 12.9. The van der Waals surface area contributed by atoms with Crippen LogP contribution in [0.4, 0.5) is 42.1 Å². The predicted molar refractivity (Wildman–Crippen MR) is 67.7 cm³/mol. The van der Waals surface area contributed by atoms with Gasteiger partial charge in [-0.1, -0.05) is 23.2 Å². The van der Waals surface area contributed by atoms with Crippen molar-refractivity contribution in [3.05, 3.63) is 32.3 Å². The number of carbonyl (C=O) groups excluding carboxylic acids is 1. The van der Waals surface area contributed by atoms with E-state index < -0.39 is 50.3 Å².